The molecular weight excluding hydrogens is 248 g/mol. The van der Waals surface area contributed by atoms with E-state index in [1.807, 2.05) is 30.3 Å². The minimum atomic E-state index is 0.106. The summed E-state index contributed by atoms with van der Waals surface area (Å²) < 4.78 is 0. The molecule has 0 amide bonds. The lowest BCUT2D eigenvalue weighted by Gasteiger charge is -2.07. The number of rotatable bonds is 0. The molecule has 3 aromatic rings. The summed E-state index contributed by atoms with van der Waals surface area (Å²) in [6, 6.07) is 12.0. The van der Waals surface area contributed by atoms with Crippen molar-refractivity contribution < 1.29 is 4.79 Å². The number of hydrogen-bond donors (Lipinski definition) is 1. The highest BCUT2D eigenvalue weighted by Gasteiger charge is 2.07. The fraction of sp³-hybridized carbons (Fsp3) is 0.0588. The lowest BCUT2D eigenvalue weighted by Crippen LogP contribution is -2.32. The lowest BCUT2D eigenvalue weighted by molar-refractivity contribution is -0.112. The Balaban J connectivity index is 2.23. The van der Waals surface area contributed by atoms with Crippen molar-refractivity contribution in [3.63, 3.8) is 0 Å². The van der Waals surface area contributed by atoms with E-state index in [9.17, 15) is 4.79 Å². The van der Waals surface area contributed by atoms with E-state index < -0.39 is 0 Å². The molecule has 2 N–H and O–H groups in total. The molecule has 3 nitrogen and oxygen atoms in total. The fourth-order valence-electron chi connectivity index (χ4n) is 2.77. The molecule has 0 saturated carbocycles. The number of hydrogen-bond acceptors (Lipinski definition) is 3. The second-order valence-electron chi connectivity index (χ2n) is 5.06. The number of nitrogen functional groups attached to an aromatic ring is 1. The lowest BCUT2D eigenvalue weighted by atomic mass is 10.0. The molecule has 20 heavy (non-hydrogen) atoms. The molecule has 1 aliphatic carbocycles. The summed E-state index contributed by atoms with van der Waals surface area (Å²) in [6.07, 6.45) is 4.01. The van der Waals surface area contributed by atoms with E-state index in [1.54, 1.807) is 6.08 Å². The zero-order valence-corrected chi connectivity index (χ0v) is 10.8. The van der Waals surface area contributed by atoms with Gasteiger partial charge in [-0.15, -0.1) is 0 Å². The first-order valence-corrected chi connectivity index (χ1v) is 6.55. The van der Waals surface area contributed by atoms with Crippen molar-refractivity contribution in [1.29, 1.82) is 0 Å². The fourth-order valence-corrected chi connectivity index (χ4v) is 2.77. The van der Waals surface area contributed by atoms with Gasteiger partial charge in [-0.3, -0.25) is 4.79 Å². The first-order chi connectivity index (χ1) is 9.72. The maximum absolute atomic E-state index is 11.5. The van der Waals surface area contributed by atoms with Crippen LogP contribution >= 0.6 is 0 Å². The van der Waals surface area contributed by atoms with E-state index in [0.717, 1.165) is 37.9 Å². The number of aromatic nitrogens is 1. The molecule has 0 aliphatic heterocycles. The van der Waals surface area contributed by atoms with Gasteiger partial charge in [-0.2, -0.15) is 0 Å². The van der Waals surface area contributed by atoms with Crippen LogP contribution in [0.5, 0.6) is 0 Å². The SMILES string of the molecule is Nc1cccc2c1ccc1nc3c(cc12)=CCC(=O)C=3. The second kappa shape index (κ2) is 3.90. The molecule has 3 heteroatoms. The van der Waals surface area contributed by atoms with E-state index >= 15 is 0 Å². The number of anilines is 1. The van der Waals surface area contributed by atoms with Gasteiger partial charge in [0.25, 0.3) is 0 Å². The Morgan fingerprint density at radius 3 is 2.85 bits per heavy atom. The van der Waals surface area contributed by atoms with E-state index in [-0.39, 0.29) is 5.78 Å². The third-order valence-corrected chi connectivity index (χ3v) is 3.77. The first kappa shape index (κ1) is 11.2. The number of carbonyl (C=O) groups is 1. The van der Waals surface area contributed by atoms with Gasteiger partial charge < -0.3 is 5.73 Å². The van der Waals surface area contributed by atoms with Gasteiger partial charge in [-0.25, -0.2) is 4.98 Å². The van der Waals surface area contributed by atoms with Gasteiger partial charge in [0.1, 0.15) is 0 Å². The molecule has 2 aromatic carbocycles. The van der Waals surface area contributed by atoms with Crippen molar-refractivity contribution in [2.45, 2.75) is 6.42 Å². The Morgan fingerprint density at radius 2 is 1.95 bits per heavy atom. The number of pyridine rings is 1. The molecule has 0 atom stereocenters. The molecule has 1 aliphatic rings. The Kier molecular flexibility index (Phi) is 2.18. The topological polar surface area (TPSA) is 56.0 Å². The Hall–Kier alpha value is -2.68. The van der Waals surface area contributed by atoms with Crippen LogP contribution in [0.3, 0.4) is 0 Å². The van der Waals surface area contributed by atoms with Gasteiger partial charge in [-0.1, -0.05) is 24.3 Å². The van der Waals surface area contributed by atoms with Crippen LogP contribution in [0.15, 0.2) is 36.4 Å². The van der Waals surface area contributed by atoms with E-state index in [1.165, 1.54) is 0 Å². The van der Waals surface area contributed by atoms with Crippen LogP contribution in [0.2, 0.25) is 0 Å². The quantitative estimate of drug-likeness (QED) is 0.492. The smallest absolute Gasteiger partial charge is 0.161 e. The van der Waals surface area contributed by atoms with Crippen LogP contribution in [0, 0.1) is 0 Å². The number of nitrogens with two attached hydrogens (primary N) is 1. The third-order valence-electron chi connectivity index (χ3n) is 3.77. The predicted molar refractivity (Wildman–Crippen MR) is 81.5 cm³/mol. The Labute approximate surface area is 115 Å². The summed E-state index contributed by atoms with van der Waals surface area (Å²) in [5, 5.41) is 5.00. The largest absolute Gasteiger partial charge is 0.398 e. The number of fused-ring (bicyclic) bond motifs is 4. The summed E-state index contributed by atoms with van der Waals surface area (Å²) in [4.78, 5) is 16.1. The molecule has 0 radical (unpaired) electrons. The van der Waals surface area contributed by atoms with Crippen LogP contribution in [0.1, 0.15) is 6.42 Å². The van der Waals surface area contributed by atoms with Crippen LogP contribution in [-0.4, -0.2) is 10.8 Å². The summed E-state index contributed by atoms with van der Waals surface area (Å²) in [5.41, 5.74) is 7.69. The number of nitrogens with zero attached hydrogens (tertiary/aromatic N) is 1. The number of ketones is 1. The van der Waals surface area contributed by atoms with Gasteiger partial charge in [0.15, 0.2) is 5.78 Å². The third kappa shape index (κ3) is 1.53. The second-order valence-corrected chi connectivity index (χ2v) is 5.06. The predicted octanol–water partition coefficient (Wildman–Crippen LogP) is 1.50. The van der Waals surface area contributed by atoms with Crippen molar-refractivity contribution in [1.82, 2.24) is 4.98 Å². The molecule has 0 fully saturated rings. The number of benzene rings is 2. The minimum Gasteiger partial charge on any atom is -0.398 e. The number of Topliss-reactive ketones (excluding diaryl/α,β-unsaturated/α-hetero) is 1. The normalized spacial score (nSPS) is 13.9. The van der Waals surface area contributed by atoms with Gasteiger partial charge in [0.2, 0.25) is 0 Å². The highest BCUT2D eigenvalue weighted by molar-refractivity contribution is 6.11. The monoisotopic (exact) mass is 260 g/mol. The highest BCUT2D eigenvalue weighted by Crippen LogP contribution is 2.26. The highest BCUT2D eigenvalue weighted by atomic mass is 16.1. The molecule has 1 heterocycles. The summed E-state index contributed by atoms with van der Waals surface area (Å²) in [6.45, 7) is 0. The zero-order valence-electron chi connectivity index (χ0n) is 10.8. The minimum absolute atomic E-state index is 0.106. The standard InChI is InChI=1S/C17H12N2O/c18-15-3-1-2-12-13(15)6-7-16-14(12)8-10-4-5-11(20)9-17(10)19-16/h1-4,6-9H,5,18H2. The van der Waals surface area contributed by atoms with E-state index in [2.05, 4.69) is 17.1 Å². The molecule has 0 bridgehead atoms. The first-order valence-electron chi connectivity index (χ1n) is 6.55. The van der Waals surface area contributed by atoms with Crippen LogP contribution < -0.4 is 16.3 Å². The molecular formula is C17H12N2O. The molecule has 96 valence electrons. The Bertz CT molecular complexity index is 1000. The van der Waals surface area contributed by atoms with E-state index in [4.69, 9.17) is 5.73 Å². The summed E-state index contributed by atoms with van der Waals surface area (Å²) in [7, 11) is 0. The van der Waals surface area contributed by atoms with Crippen molar-refractivity contribution in [3.8, 4) is 0 Å². The van der Waals surface area contributed by atoms with Crippen molar-refractivity contribution in [2.24, 2.45) is 0 Å². The summed E-state index contributed by atoms with van der Waals surface area (Å²) in [5.74, 6) is 0.106. The van der Waals surface area contributed by atoms with Gasteiger partial charge >= 0.3 is 0 Å². The van der Waals surface area contributed by atoms with Gasteiger partial charge in [0, 0.05) is 29.0 Å². The van der Waals surface area contributed by atoms with Crippen molar-refractivity contribution in [2.75, 3.05) is 5.73 Å². The van der Waals surface area contributed by atoms with Crippen LogP contribution in [0.4, 0.5) is 5.69 Å². The van der Waals surface area contributed by atoms with Gasteiger partial charge in [-0.05, 0) is 28.8 Å². The number of carbonyl (C=O) groups excluding carboxylic acids is 1. The maximum atomic E-state index is 11.5. The van der Waals surface area contributed by atoms with Crippen LogP contribution in [-0.2, 0) is 4.79 Å². The van der Waals surface area contributed by atoms with Crippen molar-refractivity contribution in [3.05, 3.63) is 47.0 Å². The van der Waals surface area contributed by atoms with E-state index in [0.29, 0.717) is 6.42 Å². The molecule has 0 spiro atoms. The van der Waals surface area contributed by atoms with Crippen molar-refractivity contribution >= 4 is 45.3 Å². The molecule has 0 unspecified atom stereocenters. The molecule has 0 saturated heterocycles. The molecule has 1 aromatic heterocycles. The van der Waals surface area contributed by atoms with Crippen LogP contribution in [0.25, 0.3) is 33.8 Å². The average molecular weight is 260 g/mol. The molecule has 4 rings (SSSR count). The van der Waals surface area contributed by atoms with Gasteiger partial charge in [0.05, 0.1) is 10.9 Å². The average Bonchev–Trinajstić information content (AvgIpc) is 2.45. The summed E-state index contributed by atoms with van der Waals surface area (Å²) >= 11 is 0. The Morgan fingerprint density at radius 1 is 1.05 bits per heavy atom. The maximum Gasteiger partial charge on any atom is 0.161 e. The zero-order chi connectivity index (χ0) is 13.7.